The average Bonchev–Trinajstić information content (AvgIpc) is 3.74. The molecule has 7 nitrogen and oxygen atoms in total. The molecule has 33 heavy (non-hydrogen) atoms. The Labute approximate surface area is 196 Å². The highest BCUT2D eigenvalue weighted by atomic mass is 16.5. The van der Waals surface area contributed by atoms with Gasteiger partial charge in [-0.3, -0.25) is 4.79 Å². The topological polar surface area (TPSA) is 106 Å². The molecule has 1 aromatic carbocycles. The number of aromatic nitrogens is 2. The van der Waals surface area contributed by atoms with Gasteiger partial charge in [0.25, 0.3) is 0 Å². The smallest absolute Gasteiger partial charge is 0.237 e. The van der Waals surface area contributed by atoms with Crippen LogP contribution in [0.3, 0.4) is 0 Å². The molecule has 0 radical (unpaired) electrons. The van der Waals surface area contributed by atoms with Crippen molar-refractivity contribution in [1.29, 1.82) is 0 Å². The van der Waals surface area contributed by atoms with E-state index in [1.165, 1.54) is 12.0 Å². The van der Waals surface area contributed by atoms with Crippen LogP contribution in [-0.4, -0.2) is 40.7 Å². The van der Waals surface area contributed by atoms with E-state index in [1.807, 2.05) is 13.8 Å². The number of carbonyl (C=O) groups excluding carboxylic acids is 1. The van der Waals surface area contributed by atoms with Crippen LogP contribution < -0.4 is 16.4 Å². The molecule has 3 aliphatic carbocycles. The van der Waals surface area contributed by atoms with Gasteiger partial charge in [0.05, 0.1) is 6.04 Å². The molecule has 3 fully saturated rings. The SMILES string of the molecule is CC(C)[C@H](N)C(=O)NC1CCC(c2nc(C3(CN[C@@H]4C[C@H]4c4ccccc4)CC3)no2)CC1. The van der Waals surface area contributed by atoms with Crippen molar-refractivity contribution in [2.24, 2.45) is 11.7 Å². The molecular weight excluding hydrogens is 414 g/mol. The fourth-order valence-electron chi connectivity index (χ4n) is 5.15. The third-order valence-corrected chi connectivity index (χ3v) is 7.93. The lowest BCUT2D eigenvalue weighted by Gasteiger charge is -2.28. The van der Waals surface area contributed by atoms with Gasteiger partial charge in [0, 0.05) is 35.9 Å². The second-order valence-corrected chi connectivity index (χ2v) is 10.8. The molecule has 0 bridgehead atoms. The van der Waals surface area contributed by atoms with Crippen molar-refractivity contribution in [2.45, 2.75) is 94.2 Å². The van der Waals surface area contributed by atoms with Gasteiger partial charge in [0.2, 0.25) is 11.8 Å². The molecule has 2 aromatic rings. The lowest BCUT2D eigenvalue weighted by molar-refractivity contribution is -0.124. The molecular formula is C26H37N5O2. The van der Waals surface area contributed by atoms with Crippen molar-refractivity contribution in [3.8, 4) is 0 Å². The van der Waals surface area contributed by atoms with Gasteiger partial charge >= 0.3 is 0 Å². The van der Waals surface area contributed by atoms with Crippen LogP contribution in [0.1, 0.15) is 87.9 Å². The molecule has 0 saturated heterocycles. The summed E-state index contributed by atoms with van der Waals surface area (Å²) in [5.74, 6) is 2.67. The second kappa shape index (κ2) is 9.18. The quantitative estimate of drug-likeness (QED) is 0.540. The van der Waals surface area contributed by atoms with Crippen LogP contribution in [0, 0.1) is 5.92 Å². The van der Waals surface area contributed by atoms with E-state index in [0.29, 0.717) is 12.0 Å². The Bertz CT molecular complexity index is 947. The molecule has 0 spiro atoms. The van der Waals surface area contributed by atoms with Crippen molar-refractivity contribution < 1.29 is 9.32 Å². The number of nitrogens with one attached hydrogen (secondary N) is 2. The van der Waals surface area contributed by atoms with E-state index in [-0.39, 0.29) is 29.2 Å². The molecule has 1 aromatic heterocycles. The molecule has 5 rings (SSSR count). The first-order valence-corrected chi connectivity index (χ1v) is 12.6. The summed E-state index contributed by atoms with van der Waals surface area (Å²) in [5.41, 5.74) is 7.45. The normalized spacial score (nSPS) is 29.0. The van der Waals surface area contributed by atoms with Gasteiger partial charge in [0.1, 0.15) is 0 Å². The summed E-state index contributed by atoms with van der Waals surface area (Å²) >= 11 is 0. The lowest BCUT2D eigenvalue weighted by Crippen LogP contribution is -2.48. The van der Waals surface area contributed by atoms with Crippen molar-refractivity contribution in [3.63, 3.8) is 0 Å². The molecule has 178 valence electrons. The Morgan fingerprint density at radius 1 is 1.18 bits per heavy atom. The first-order valence-electron chi connectivity index (χ1n) is 12.6. The van der Waals surface area contributed by atoms with Crippen LogP contribution in [0.25, 0.3) is 0 Å². The third kappa shape index (κ3) is 4.99. The first-order chi connectivity index (χ1) is 15.9. The Hall–Kier alpha value is -2.25. The van der Waals surface area contributed by atoms with E-state index >= 15 is 0 Å². The highest BCUT2D eigenvalue weighted by Gasteiger charge is 2.50. The van der Waals surface area contributed by atoms with Crippen LogP contribution in [-0.2, 0) is 10.2 Å². The molecule has 0 aliphatic heterocycles. The van der Waals surface area contributed by atoms with Gasteiger partial charge in [-0.2, -0.15) is 4.98 Å². The molecule has 0 unspecified atom stereocenters. The minimum absolute atomic E-state index is 0.0399. The van der Waals surface area contributed by atoms with E-state index in [4.69, 9.17) is 15.2 Å². The van der Waals surface area contributed by atoms with E-state index in [0.717, 1.165) is 56.8 Å². The zero-order valence-electron chi connectivity index (χ0n) is 19.8. The summed E-state index contributed by atoms with van der Waals surface area (Å²) in [6.07, 6.45) is 7.21. The third-order valence-electron chi connectivity index (χ3n) is 7.93. The lowest BCUT2D eigenvalue weighted by atomic mass is 9.85. The first kappa shape index (κ1) is 22.5. The standard InChI is InChI=1S/C26H37N5O2/c1-16(2)22(27)23(32)29-19-10-8-18(9-11-19)24-30-25(31-33-24)26(12-13-26)15-28-21-14-20(21)17-6-4-3-5-7-17/h3-7,16,18-22,28H,8-15,27H2,1-2H3,(H,29,32)/t18?,19?,20-,21+,22-/m0/s1. The predicted octanol–water partition coefficient (Wildman–Crippen LogP) is 3.37. The zero-order chi connectivity index (χ0) is 23.0. The van der Waals surface area contributed by atoms with Gasteiger partial charge in [-0.05, 0) is 56.4 Å². The predicted molar refractivity (Wildman–Crippen MR) is 127 cm³/mol. The maximum atomic E-state index is 12.3. The molecule has 1 heterocycles. The largest absolute Gasteiger partial charge is 0.352 e. The van der Waals surface area contributed by atoms with Gasteiger partial charge in [-0.1, -0.05) is 49.3 Å². The van der Waals surface area contributed by atoms with Crippen LogP contribution in [0.2, 0.25) is 0 Å². The van der Waals surface area contributed by atoms with Crippen molar-refractivity contribution in [1.82, 2.24) is 20.8 Å². The molecule has 3 saturated carbocycles. The number of nitrogens with zero attached hydrogens (tertiary/aromatic N) is 2. The van der Waals surface area contributed by atoms with Crippen LogP contribution in [0.15, 0.2) is 34.9 Å². The fraction of sp³-hybridized carbons (Fsp3) is 0.654. The second-order valence-electron chi connectivity index (χ2n) is 10.8. The zero-order valence-corrected chi connectivity index (χ0v) is 19.8. The van der Waals surface area contributed by atoms with E-state index in [9.17, 15) is 4.79 Å². The summed E-state index contributed by atoms with van der Waals surface area (Å²) < 4.78 is 5.73. The molecule has 4 N–H and O–H groups in total. The van der Waals surface area contributed by atoms with E-state index < -0.39 is 6.04 Å². The van der Waals surface area contributed by atoms with Crippen LogP contribution in [0.4, 0.5) is 0 Å². The molecule has 3 aliphatic rings. The number of amides is 1. The number of hydrogen-bond donors (Lipinski definition) is 3. The highest BCUT2D eigenvalue weighted by molar-refractivity contribution is 5.82. The number of rotatable bonds is 9. The van der Waals surface area contributed by atoms with Crippen LogP contribution in [0.5, 0.6) is 0 Å². The van der Waals surface area contributed by atoms with E-state index in [2.05, 4.69) is 46.1 Å². The Morgan fingerprint density at radius 3 is 2.58 bits per heavy atom. The molecule has 7 heteroatoms. The number of benzene rings is 1. The summed E-state index contributed by atoms with van der Waals surface area (Å²) in [6, 6.07) is 11.1. The molecule has 3 atom stereocenters. The maximum Gasteiger partial charge on any atom is 0.237 e. The van der Waals surface area contributed by atoms with E-state index in [1.54, 1.807) is 0 Å². The summed E-state index contributed by atoms with van der Waals surface area (Å²) in [7, 11) is 0. The van der Waals surface area contributed by atoms with Gasteiger partial charge in [0.15, 0.2) is 5.82 Å². The maximum absolute atomic E-state index is 12.3. The summed E-state index contributed by atoms with van der Waals surface area (Å²) in [5, 5.41) is 11.3. The Balaban J connectivity index is 1.10. The van der Waals surface area contributed by atoms with Crippen molar-refractivity contribution >= 4 is 5.91 Å². The van der Waals surface area contributed by atoms with Crippen molar-refractivity contribution in [3.05, 3.63) is 47.6 Å². The van der Waals surface area contributed by atoms with Gasteiger partial charge in [-0.15, -0.1) is 0 Å². The minimum atomic E-state index is -0.442. The molecule has 1 amide bonds. The minimum Gasteiger partial charge on any atom is -0.352 e. The Kier molecular flexibility index (Phi) is 6.27. The number of nitrogens with two attached hydrogens (primary N) is 1. The fourth-order valence-corrected chi connectivity index (χ4v) is 5.15. The van der Waals surface area contributed by atoms with Gasteiger partial charge < -0.3 is 20.9 Å². The highest BCUT2D eigenvalue weighted by Crippen LogP contribution is 2.48. The Morgan fingerprint density at radius 2 is 1.91 bits per heavy atom. The van der Waals surface area contributed by atoms with Gasteiger partial charge in [-0.25, -0.2) is 0 Å². The number of hydrogen-bond acceptors (Lipinski definition) is 6. The average molecular weight is 452 g/mol. The van der Waals surface area contributed by atoms with Crippen LogP contribution >= 0.6 is 0 Å². The monoisotopic (exact) mass is 451 g/mol. The number of carbonyl (C=O) groups is 1. The summed E-state index contributed by atoms with van der Waals surface area (Å²) in [4.78, 5) is 17.1. The van der Waals surface area contributed by atoms with Crippen molar-refractivity contribution in [2.75, 3.05) is 6.54 Å². The summed E-state index contributed by atoms with van der Waals surface area (Å²) in [6.45, 7) is 4.88.